The zero-order valence-corrected chi connectivity index (χ0v) is 49.9. The third kappa shape index (κ3) is 62.3. The molecule has 77 heavy (non-hydrogen) atoms. The molecule has 0 aliphatic rings. The molecule has 0 saturated heterocycles. The molecule has 6 heteroatoms. The molecule has 0 aliphatic heterocycles. The highest BCUT2D eigenvalue weighted by atomic mass is 16.6. The number of hydrogen-bond donors (Lipinski definition) is 0. The van der Waals surface area contributed by atoms with Gasteiger partial charge in [0.05, 0.1) is 0 Å². The summed E-state index contributed by atoms with van der Waals surface area (Å²) in [5.41, 5.74) is 0. The van der Waals surface area contributed by atoms with E-state index in [1.807, 2.05) is 0 Å². The zero-order chi connectivity index (χ0) is 55.7. The maximum Gasteiger partial charge on any atom is 0.306 e. The van der Waals surface area contributed by atoms with Crippen LogP contribution in [0.25, 0.3) is 0 Å². The van der Waals surface area contributed by atoms with Crippen LogP contribution in [0.2, 0.25) is 0 Å². The van der Waals surface area contributed by atoms with Crippen molar-refractivity contribution in [2.45, 2.75) is 284 Å². The summed E-state index contributed by atoms with van der Waals surface area (Å²) >= 11 is 0. The molecule has 0 fully saturated rings. The van der Waals surface area contributed by atoms with Gasteiger partial charge in [-0.25, -0.2) is 0 Å². The summed E-state index contributed by atoms with van der Waals surface area (Å²) in [6.07, 6.45) is 90.2. The number of carbonyl (C=O) groups is 3. The van der Waals surface area contributed by atoms with E-state index in [4.69, 9.17) is 14.2 Å². The minimum atomic E-state index is -0.810. The molecule has 0 aromatic heterocycles. The molecule has 0 amide bonds. The monoisotopic (exact) mass is 1060 g/mol. The van der Waals surface area contributed by atoms with Gasteiger partial charge in [-0.05, 0) is 135 Å². The third-order valence-electron chi connectivity index (χ3n) is 13.1. The van der Waals surface area contributed by atoms with E-state index in [-0.39, 0.29) is 31.1 Å². The Bertz CT molecular complexity index is 1650. The second-order valence-electron chi connectivity index (χ2n) is 20.6. The van der Waals surface area contributed by atoms with Gasteiger partial charge in [-0.2, -0.15) is 0 Å². The highest BCUT2D eigenvalue weighted by Crippen LogP contribution is 2.14. The first kappa shape index (κ1) is 72.5. The molecule has 0 aliphatic carbocycles. The molecule has 0 N–H and O–H groups in total. The predicted octanol–water partition coefficient (Wildman–Crippen LogP) is 21.8. The Kier molecular flexibility index (Phi) is 60.4. The SMILES string of the molecule is CC/C=C\C/C=C\C/C=C\C/C=C\C/C=C\C/C=C\C/C=C\C/C=C\CCCCC(=O)OCC(COC(=O)CCCCCCC/C=C\C/C=C\CCCC)OC(=O)CCCCCCCCC/C=C\CCCCCCCCC. The van der Waals surface area contributed by atoms with Crippen LogP contribution >= 0.6 is 0 Å². The summed E-state index contributed by atoms with van der Waals surface area (Å²) in [5, 5.41) is 0. The maximum absolute atomic E-state index is 12.9. The molecule has 0 aromatic rings. The van der Waals surface area contributed by atoms with Crippen LogP contribution in [0.3, 0.4) is 0 Å². The van der Waals surface area contributed by atoms with Gasteiger partial charge in [0, 0.05) is 19.3 Å². The van der Waals surface area contributed by atoms with Crippen molar-refractivity contribution in [1.82, 2.24) is 0 Å². The Morgan fingerprint density at radius 3 is 0.870 bits per heavy atom. The smallest absolute Gasteiger partial charge is 0.306 e. The van der Waals surface area contributed by atoms with Crippen LogP contribution in [-0.2, 0) is 28.6 Å². The van der Waals surface area contributed by atoms with Gasteiger partial charge < -0.3 is 14.2 Å². The van der Waals surface area contributed by atoms with Crippen molar-refractivity contribution in [2.24, 2.45) is 0 Å². The molecule has 436 valence electrons. The van der Waals surface area contributed by atoms with E-state index in [9.17, 15) is 14.4 Å². The van der Waals surface area contributed by atoms with Crippen molar-refractivity contribution in [2.75, 3.05) is 13.2 Å². The molecular weight excluding hydrogens is 949 g/mol. The predicted molar refractivity (Wildman–Crippen MR) is 334 cm³/mol. The lowest BCUT2D eigenvalue weighted by molar-refractivity contribution is -0.167. The first-order valence-corrected chi connectivity index (χ1v) is 31.7. The molecule has 0 spiro atoms. The van der Waals surface area contributed by atoms with Crippen LogP contribution in [0, 0.1) is 0 Å². The van der Waals surface area contributed by atoms with Gasteiger partial charge in [0.25, 0.3) is 0 Å². The second kappa shape index (κ2) is 64.1. The Labute approximate surface area is 475 Å². The largest absolute Gasteiger partial charge is 0.462 e. The van der Waals surface area contributed by atoms with Crippen molar-refractivity contribution < 1.29 is 28.6 Å². The summed E-state index contributed by atoms with van der Waals surface area (Å²) < 4.78 is 16.9. The number of ether oxygens (including phenoxy) is 3. The maximum atomic E-state index is 12.9. The van der Waals surface area contributed by atoms with Gasteiger partial charge in [-0.1, -0.05) is 257 Å². The summed E-state index contributed by atoms with van der Waals surface area (Å²) in [5.74, 6) is -0.966. The van der Waals surface area contributed by atoms with Gasteiger partial charge in [0.2, 0.25) is 0 Å². The highest BCUT2D eigenvalue weighted by molar-refractivity contribution is 5.71. The molecule has 0 rings (SSSR count). The van der Waals surface area contributed by atoms with Crippen molar-refractivity contribution in [3.63, 3.8) is 0 Å². The molecular formula is C71H116O6. The second-order valence-corrected chi connectivity index (χ2v) is 20.6. The van der Waals surface area contributed by atoms with Gasteiger partial charge in [-0.3, -0.25) is 14.4 Å². The van der Waals surface area contributed by atoms with Gasteiger partial charge in [-0.15, -0.1) is 0 Å². The van der Waals surface area contributed by atoms with Gasteiger partial charge in [0.1, 0.15) is 13.2 Å². The average Bonchev–Trinajstić information content (AvgIpc) is 3.43. The Hall–Kier alpha value is -4.45. The summed E-state index contributed by atoms with van der Waals surface area (Å²) in [7, 11) is 0. The first-order valence-electron chi connectivity index (χ1n) is 31.7. The minimum Gasteiger partial charge on any atom is -0.462 e. The number of allylic oxidation sites excluding steroid dienone is 22. The molecule has 1 unspecified atom stereocenters. The fraction of sp³-hybridized carbons (Fsp3) is 0.648. The van der Waals surface area contributed by atoms with Crippen molar-refractivity contribution in [1.29, 1.82) is 0 Å². The summed E-state index contributed by atoms with van der Waals surface area (Å²) in [4.78, 5) is 38.3. The number of hydrogen-bond acceptors (Lipinski definition) is 6. The molecule has 0 heterocycles. The standard InChI is InChI=1S/C71H116O6/c1-4-7-10-13-16-19-22-25-28-30-32-33-34-35-36-37-38-39-40-42-43-46-49-52-55-58-61-64-70(73)76-67-68(66-75-69(72)63-60-57-54-51-48-45-27-24-21-18-15-12-9-6-3)77-71(74)65-62-59-56-53-50-47-44-41-31-29-26-23-20-17-14-11-8-5-2/h7,10,15-16,18-19,24-25,27-29,31-33,35-36,38-39,42-43,49,52,68H,4-6,8-9,11-14,17,20-23,26,30,34,37,40-41,44-48,50-51,53-67H2,1-3H3/b10-7-,18-15-,19-16-,27-24-,28-25-,31-29-,33-32-,36-35-,39-38-,43-42-,52-49-. The van der Waals surface area contributed by atoms with E-state index in [1.165, 1.54) is 103 Å². The molecule has 0 bridgehead atoms. The number of rotatable bonds is 56. The van der Waals surface area contributed by atoms with Crippen LogP contribution in [0.1, 0.15) is 278 Å². The van der Waals surface area contributed by atoms with Gasteiger partial charge >= 0.3 is 17.9 Å². The highest BCUT2D eigenvalue weighted by Gasteiger charge is 2.19. The fourth-order valence-corrected chi connectivity index (χ4v) is 8.35. The van der Waals surface area contributed by atoms with Gasteiger partial charge in [0.15, 0.2) is 6.10 Å². The van der Waals surface area contributed by atoms with E-state index in [1.54, 1.807) is 0 Å². The van der Waals surface area contributed by atoms with E-state index in [0.29, 0.717) is 25.7 Å². The first-order chi connectivity index (χ1) is 38.0. The minimum absolute atomic E-state index is 0.104. The lowest BCUT2D eigenvalue weighted by Crippen LogP contribution is -2.30. The quantitative estimate of drug-likeness (QED) is 0.0261. The molecule has 1 atom stereocenters. The van der Waals surface area contributed by atoms with Crippen molar-refractivity contribution >= 4 is 17.9 Å². The van der Waals surface area contributed by atoms with Crippen LogP contribution < -0.4 is 0 Å². The van der Waals surface area contributed by atoms with Crippen molar-refractivity contribution in [3.05, 3.63) is 134 Å². The lowest BCUT2D eigenvalue weighted by atomic mass is 10.1. The molecule has 0 aromatic carbocycles. The average molecular weight is 1070 g/mol. The number of unbranched alkanes of at least 4 members (excludes halogenated alkanes) is 23. The summed E-state index contributed by atoms with van der Waals surface area (Å²) in [6, 6.07) is 0. The number of esters is 3. The molecule has 6 nitrogen and oxygen atoms in total. The normalized spacial score (nSPS) is 13.0. The van der Waals surface area contributed by atoms with E-state index < -0.39 is 6.10 Å². The summed E-state index contributed by atoms with van der Waals surface area (Å²) in [6.45, 7) is 6.44. The van der Waals surface area contributed by atoms with E-state index >= 15 is 0 Å². The van der Waals surface area contributed by atoms with Crippen LogP contribution in [-0.4, -0.2) is 37.2 Å². The Morgan fingerprint density at radius 2 is 0.519 bits per heavy atom. The topological polar surface area (TPSA) is 78.9 Å². The van der Waals surface area contributed by atoms with Crippen LogP contribution in [0.15, 0.2) is 134 Å². The molecule has 0 radical (unpaired) electrons. The third-order valence-corrected chi connectivity index (χ3v) is 13.1. The van der Waals surface area contributed by atoms with Crippen LogP contribution in [0.4, 0.5) is 0 Å². The fourth-order valence-electron chi connectivity index (χ4n) is 8.35. The Morgan fingerprint density at radius 1 is 0.273 bits per heavy atom. The lowest BCUT2D eigenvalue weighted by Gasteiger charge is -2.18. The van der Waals surface area contributed by atoms with E-state index in [0.717, 1.165) is 128 Å². The Balaban J connectivity index is 4.46. The number of carbonyl (C=O) groups excluding carboxylic acids is 3. The zero-order valence-electron chi connectivity index (χ0n) is 49.9. The van der Waals surface area contributed by atoms with E-state index in [2.05, 4.69) is 154 Å². The molecule has 0 saturated carbocycles. The van der Waals surface area contributed by atoms with Crippen LogP contribution in [0.5, 0.6) is 0 Å². The van der Waals surface area contributed by atoms with Crippen molar-refractivity contribution in [3.8, 4) is 0 Å².